The first-order valence-electron chi connectivity index (χ1n) is 8.68. The minimum atomic E-state index is 0.115. The summed E-state index contributed by atoms with van der Waals surface area (Å²) in [5.41, 5.74) is 3.20. The second-order valence-corrected chi connectivity index (χ2v) is 6.10. The van der Waals surface area contributed by atoms with Gasteiger partial charge in [-0.3, -0.25) is 4.79 Å². The Kier molecular flexibility index (Phi) is 9.02. The lowest BCUT2D eigenvalue weighted by Gasteiger charge is -2.26. The zero-order valence-corrected chi connectivity index (χ0v) is 15.2. The van der Waals surface area contributed by atoms with Gasteiger partial charge in [0.05, 0.1) is 6.04 Å². The molecule has 1 unspecified atom stereocenters. The van der Waals surface area contributed by atoms with Crippen LogP contribution in [0.15, 0.2) is 36.4 Å². The van der Waals surface area contributed by atoms with Crippen LogP contribution in [0.1, 0.15) is 49.8 Å². The number of hydrogen-bond donors (Lipinski definition) is 1. The molecule has 1 aliphatic rings. The first kappa shape index (κ1) is 20.1. The van der Waals surface area contributed by atoms with Crippen LogP contribution in [0.25, 0.3) is 0 Å². The molecule has 1 atom stereocenters. The zero-order valence-electron chi connectivity index (χ0n) is 15.2. The lowest BCUT2D eigenvalue weighted by atomic mass is 10.0. The number of benzene rings is 1. The smallest absolute Gasteiger partial charge is 0.249 e. The summed E-state index contributed by atoms with van der Waals surface area (Å²) >= 11 is 0. The first-order valence-corrected chi connectivity index (χ1v) is 8.68. The Hall–Kier alpha value is -1.94. The molecule has 0 radical (unpaired) electrons. The van der Waals surface area contributed by atoms with Gasteiger partial charge in [0.15, 0.2) is 0 Å². The molecule has 4 nitrogen and oxygen atoms in total. The SMILES string of the molecule is C=C(CCNC)C(=O)N1CCCC1c1cccc(C)c1.CCC=O. The van der Waals surface area contributed by atoms with Gasteiger partial charge in [0.2, 0.25) is 5.91 Å². The van der Waals surface area contributed by atoms with Gasteiger partial charge in [0.25, 0.3) is 0 Å². The summed E-state index contributed by atoms with van der Waals surface area (Å²) in [6, 6.07) is 8.69. The molecule has 1 saturated heterocycles. The van der Waals surface area contributed by atoms with E-state index in [0.717, 1.165) is 32.2 Å². The van der Waals surface area contributed by atoms with E-state index in [2.05, 4.69) is 43.1 Å². The third-order valence-corrected chi connectivity index (χ3v) is 4.09. The van der Waals surface area contributed by atoms with Crippen molar-refractivity contribution in [1.29, 1.82) is 0 Å². The van der Waals surface area contributed by atoms with Crippen molar-refractivity contribution in [2.45, 2.75) is 45.6 Å². The number of amides is 1. The van der Waals surface area contributed by atoms with Gasteiger partial charge in [-0.25, -0.2) is 0 Å². The molecule has 2 rings (SSSR count). The predicted octanol–water partition coefficient (Wildman–Crippen LogP) is 3.42. The van der Waals surface area contributed by atoms with Crippen molar-refractivity contribution in [3.05, 3.63) is 47.5 Å². The minimum absolute atomic E-state index is 0.115. The average Bonchev–Trinajstić information content (AvgIpc) is 3.08. The fraction of sp³-hybridized carbons (Fsp3) is 0.500. The number of hydrogen-bond acceptors (Lipinski definition) is 3. The van der Waals surface area contributed by atoms with Crippen molar-refractivity contribution >= 4 is 12.2 Å². The molecule has 24 heavy (non-hydrogen) atoms. The molecular weight excluding hydrogens is 300 g/mol. The zero-order chi connectivity index (χ0) is 17.9. The molecule has 1 aliphatic heterocycles. The maximum atomic E-state index is 12.5. The van der Waals surface area contributed by atoms with E-state index in [1.54, 1.807) is 0 Å². The molecule has 1 N–H and O–H groups in total. The summed E-state index contributed by atoms with van der Waals surface area (Å²) in [5.74, 6) is 0.115. The maximum Gasteiger partial charge on any atom is 0.249 e. The number of carbonyl (C=O) groups is 2. The number of rotatable bonds is 6. The van der Waals surface area contributed by atoms with Crippen LogP contribution in [0.3, 0.4) is 0 Å². The second-order valence-electron chi connectivity index (χ2n) is 6.10. The van der Waals surface area contributed by atoms with Crippen molar-refractivity contribution < 1.29 is 9.59 Å². The Morgan fingerprint density at radius 1 is 1.46 bits per heavy atom. The maximum absolute atomic E-state index is 12.5. The molecule has 1 heterocycles. The second kappa shape index (κ2) is 10.8. The van der Waals surface area contributed by atoms with Crippen molar-refractivity contribution in [3.8, 4) is 0 Å². The van der Waals surface area contributed by atoms with Crippen LogP contribution in [0, 0.1) is 6.92 Å². The molecule has 0 bridgehead atoms. The third-order valence-electron chi connectivity index (χ3n) is 4.09. The number of nitrogens with one attached hydrogen (secondary N) is 1. The van der Waals surface area contributed by atoms with Gasteiger partial charge in [-0.05, 0) is 45.3 Å². The summed E-state index contributed by atoms with van der Waals surface area (Å²) in [4.78, 5) is 23.7. The highest BCUT2D eigenvalue weighted by atomic mass is 16.2. The van der Waals surface area contributed by atoms with E-state index < -0.39 is 0 Å². The average molecular weight is 330 g/mol. The number of aryl methyl sites for hydroxylation is 1. The Morgan fingerprint density at radius 2 is 2.17 bits per heavy atom. The molecule has 0 saturated carbocycles. The van der Waals surface area contributed by atoms with Gasteiger partial charge in [0.1, 0.15) is 6.29 Å². The number of likely N-dealkylation sites (tertiary alicyclic amines) is 1. The van der Waals surface area contributed by atoms with E-state index in [1.165, 1.54) is 11.1 Å². The molecule has 1 amide bonds. The number of aldehydes is 1. The van der Waals surface area contributed by atoms with E-state index in [9.17, 15) is 9.59 Å². The topological polar surface area (TPSA) is 49.4 Å². The Balaban J connectivity index is 0.000000648. The number of nitrogens with zero attached hydrogens (tertiary/aromatic N) is 1. The molecule has 1 fully saturated rings. The molecule has 132 valence electrons. The van der Waals surface area contributed by atoms with E-state index in [4.69, 9.17) is 0 Å². The predicted molar refractivity (Wildman–Crippen MR) is 98.9 cm³/mol. The van der Waals surface area contributed by atoms with Gasteiger partial charge in [0, 0.05) is 18.5 Å². The summed E-state index contributed by atoms with van der Waals surface area (Å²) in [6.45, 7) is 9.50. The molecular formula is C20H30N2O2. The van der Waals surface area contributed by atoms with Gasteiger partial charge in [-0.1, -0.05) is 43.3 Å². The number of carbonyl (C=O) groups excluding carboxylic acids is 2. The van der Waals surface area contributed by atoms with E-state index in [1.807, 2.05) is 18.9 Å². The summed E-state index contributed by atoms with van der Waals surface area (Å²) < 4.78 is 0. The van der Waals surface area contributed by atoms with Crippen molar-refractivity contribution in [2.24, 2.45) is 0 Å². The standard InChI is InChI=1S/C17H24N2O.C3H6O/c1-13-6-4-7-15(12-13)16-8-5-11-19(16)17(20)14(2)9-10-18-3;1-2-3-4/h4,6-7,12,16,18H,2,5,8-11H2,1,3H3;3H,2H2,1H3. The van der Waals surface area contributed by atoms with E-state index >= 15 is 0 Å². The molecule has 1 aromatic rings. The highest BCUT2D eigenvalue weighted by molar-refractivity contribution is 5.93. The van der Waals surface area contributed by atoms with Crippen molar-refractivity contribution in [1.82, 2.24) is 10.2 Å². The van der Waals surface area contributed by atoms with Gasteiger partial charge < -0.3 is 15.0 Å². The van der Waals surface area contributed by atoms with Gasteiger partial charge in [-0.15, -0.1) is 0 Å². The largest absolute Gasteiger partial charge is 0.332 e. The van der Waals surface area contributed by atoms with Crippen molar-refractivity contribution in [2.75, 3.05) is 20.1 Å². The van der Waals surface area contributed by atoms with Crippen LogP contribution in [-0.2, 0) is 9.59 Å². The fourth-order valence-electron chi connectivity index (χ4n) is 2.82. The molecule has 0 aliphatic carbocycles. The van der Waals surface area contributed by atoms with Crippen LogP contribution in [0.2, 0.25) is 0 Å². The summed E-state index contributed by atoms with van der Waals surface area (Å²) in [6.07, 6.45) is 4.35. The van der Waals surface area contributed by atoms with Crippen LogP contribution in [0.4, 0.5) is 0 Å². The summed E-state index contributed by atoms with van der Waals surface area (Å²) in [7, 11) is 1.89. The normalized spacial score (nSPS) is 16.3. The highest BCUT2D eigenvalue weighted by Crippen LogP contribution is 2.33. The van der Waals surface area contributed by atoms with Crippen LogP contribution < -0.4 is 5.32 Å². The Labute approximate surface area is 145 Å². The van der Waals surface area contributed by atoms with E-state index in [0.29, 0.717) is 18.4 Å². The van der Waals surface area contributed by atoms with Gasteiger partial charge in [-0.2, -0.15) is 0 Å². The molecule has 0 spiro atoms. The molecule has 1 aromatic carbocycles. The fourth-order valence-corrected chi connectivity index (χ4v) is 2.82. The first-order chi connectivity index (χ1) is 11.5. The lowest BCUT2D eigenvalue weighted by Crippen LogP contribution is -2.32. The van der Waals surface area contributed by atoms with Crippen molar-refractivity contribution in [3.63, 3.8) is 0 Å². The quantitative estimate of drug-likeness (QED) is 0.642. The van der Waals surface area contributed by atoms with E-state index in [-0.39, 0.29) is 11.9 Å². The van der Waals surface area contributed by atoms with Crippen LogP contribution in [0.5, 0.6) is 0 Å². The third kappa shape index (κ3) is 5.93. The van der Waals surface area contributed by atoms with Gasteiger partial charge >= 0.3 is 0 Å². The molecule has 4 heteroatoms. The lowest BCUT2D eigenvalue weighted by molar-refractivity contribution is -0.128. The summed E-state index contributed by atoms with van der Waals surface area (Å²) in [5, 5.41) is 3.06. The van der Waals surface area contributed by atoms with Crippen LogP contribution in [-0.4, -0.2) is 37.2 Å². The molecule has 0 aromatic heterocycles. The monoisotopic (exact) mass is 330 g/mol. The van der Waals surface area contributed by atoms with Crippen LogP contribution >= 0.6 is 0 Å². The Morgan fingerprint density at radius 3 is 2.75 bits per heavy atom. The Bertz CT molecular complexity index is 554. The minimum Gasteiger partial charge on any atom is -0.332 e. The highest BCUT2D eigenvalue weighted by Gasteiger charge is 2.30.